The van der Waals surface area contributed by atoms with Gasteiger partial charge in [-0.2, -0.15) is 0 Å². The molecule has 8 nitrogen and oxygen atoms in total. The van der Waals surface area contributed by atoms with Gasteiger partial charge in [-0.3, -0.25) is 13.9 Å². The van der Waals surface area contributed by atoms with Crippen LogP contribution < -0.4 is 14.4 Å². The summed E-state index contributed by atoms with van der Waals surface area (Å²) in [5.41, 5.74) is 1.19. The van der Waals surface area contributed by atoms with Crippen LogP contribution in [-0.2, 0) is 26.2 Å². The molecule has 1 atom stereocenters. The summed E-state index contributed by atoms with van der Waals surface area (Å²) in [5.74, 6) is 0.0365. The maximum Gasteiger partial charge on any atom is 0.242 e. The number of amides is 2. The first-order valence-electron chi connectivity index (χ1n) is 12.1. The van der Waals surface area contributed by atoms with Crippen LogP contribution in [0.4, 0.5) is 5.69 Å². The third kappa shape index (κ3) is 9.09. The first kappa shape index (κ1) is 30.7. The second-order valence-corrected chi connectivity index (χ2v) is 11.3. The second-order valence-electron chi connectivity index (χ2n) is 8.63. The van der Waals surface area contributed by atoms with Gasteiger partial charge in [-0.25, -0.2) is 8.42 Å². The number of carbonyl (C=O) groups excluding carboxylic acids is 2. The van der Waals surface area contributed by atoms with E-state index in [0.717, 1.165) is 18.2 Å². The van der Waals surface area contributed by atoms with Crippen LogP contribution in [0.1, 0.15) is 45.1 Å². The molecule has 0 saturated heterocycles. The van der Waals surface area contributed by atoms with Gasteiger partial charge >= 0.3 is 0 Å². The van der Waals surface area contributed by atoms with Gasteiger partial charge in [0.2, 0.25) is 21.8 Å². The average Bonchev–Trinajstić information content (AvgIpc) is 2.86. The lowest BCUT2D eigenvalue weighted by molar-refractivity contribution is -0.141. The number of carbonyl (C=O) groups is 2. The van der Waals surface area contributed by atoms with Gasteiger partial charge in [0.1, 0.15) is 11.8 Å². The van der Waals surface area contributed by atoms with Crippen molar-refractivity contribution in [3.05, 3.63) is 58.1 Å². The average molecular weight is 573 g/mol. The molecule has 37 heavy (non-hydrogen) atoms. The Morgan fingerprint density at radius 3 is 2.41 bits per heavy atom. The highest BCUT2D eigenvalue weighted by Crippen LogP contribution is 2.26. The second kappa shape index (κ2) is 14.4. The number of hydrogen-bond acceptors (Lipinski definition) is 5. The molecule has 0 aliphatic heterocycles. The van der Waals surface area contributed by atoms with E-state index in [2.05, 4.69) is 5.32 Å². The maximum absolute atomic E-state index is 13.4. The molecule has 204 valence electrons. The van der Waals surface area contributed by atoms with Crippen LogP contribution in [0.25, 0.3) is 0 Å². The Labute approximate surface area is 229 Å². The van der Waals surface area contributed by atoms with Gasteiger partial charge in [-0.15, -0.1) is 0 Å². The molecule has 0 aromatic heterocycles. The van der Waals surface area contributed by atoms with Crippen LogP contribution in [0.5, 0.6) is 5.75 Å². The fourth-order valence-corrected chi connectivity index (χ4v) is 5.17. The number of sulfonamides is 1. The lowest BCUT2D eigenvalue weighted by Crippen LogP contribution is -2.49. The summed E-state index contributed by atoms with van der Waals surface area (Å²) in [6.07, 6.45) is 2.62. The predicted molar refractivity (Wildman–Crippen MR) is 149 cm³/mol. The Morgan fingerprint density at radius 1 is 1.08 bits per heavy atom. The Hall–Kier alpha value is -2.49. The highest BCUT2D eigenvalue weighted by atomic mass is 35.5. The lowest BCUT2D eigenvalue weighted by Gasteiger charge is -2.31. The molecule has 0 spiro atoms. The van der Waals surface area contributed by atoms with Crippen LogP contribution >= 0.6 is 23.2 Å². The van der Waals surface area contributed by atoms with E-state index < -0.39 is 16.1 Å². The molecule has 2 amide bonds. The van der Waals surface area contributed by atoms with Crippen LogP contribution in [0.2, 0.25) is 10.0 Å². The van der Waals surface area contributed by atoms with Gasteiger partial charge < -0.3 is 15.0 Å². The molecule has 0 aliphatic carbocycles. The van der Waals surface area contributed by atoms with E-state index in [1.54, 1.807) is 42.5 Å². The predicted octanol–water partition coefficient (Wildman–Crippen LogP) is 4.88. The highest BCUT2D eigenvalue weighted by molar-refractivity contribution is 7.92. The normalized spacial score (nSPS) is 12.1. The van der Waals surface area contributed by atoms with Crippen molar-refractivity contribution < 1.29 is 22.7 Å². The van der Waals surface area contributed by atoms with Crippen molar-refractivity contribution in [2.24, 2.45) is 0 Å². The van der Waals surface area contributed by atoms with Crippen LogP contribution in [0, 0.1) is 0 Å². The topological polar surface area (TPSA) is 96.0 Å². The van der Waals surface area contributed by atoms with E-state index in [1.807, 2.05) is 13.8 Å². The molecule has 0 fully saturated rings. The minimum absolute atomic E-state index is 0.0505. The third-order valence-electron chi connectivity index (χ3n) is 5.77. The number of nitrogens with one attached hydrogen (secondary N) is 1. The molecule has 2 rings (SSSR count). The molecular formula is C26H35Cl2N3O5S. The van der Waals surface area contributed by atoms with E-state index >= 15 is 0 Å². The van der Waals surface area contributed by atoms with Gasteiger partial charge in [0.05, 0.1) is 29.1 Å². The number of rotatable bonds is 14. The molecule has 2 aromatic rings. The largest absolute Gasteiger partial charge is 0.497 e. The van der Waals surface area contributed by atoms with Crippen molar-refractivity contribution in [2.45, 2.75) is 52.1 Å². The highest BCUT2D eigenvalue weighted by Gasteiger charge is 2.29. The number of hydrogen-bond donors (Lipinski definition) is 1. The van der Waals surface area contributed by atoms with Gasteiger partial charge in [0.15, 0.2) is 0 Å². The lowest BCUT2D eigenvalue weighted by atomic mass is 10.1. The smallest absolute Gasteiger partial charge is 0.242 e. The van der Waals surface area contributed by atoms with Gasteiger partial charge in [0, 0.05) is 32.1 Å². The van der Waals surface area contributed by atoms with Crippen LogP contribution in [-0.4, -0.2) is 57.6 Å². The Kier molecular flexibility index (Phi) is 12.0. The van der Waals surface area contributed by atoms with Gasteiger partial charge in [0.25, 0.3) is 0 Å². The van der Waals surface area contributed by atoms with Crippen molar-refractivity contribution in [3.63, 3.8) is 0 Å². The van der Waals surface area contributed by atoms with Crippen LogP contribution in [0.3, 0.4) is 0 Å². The number of halogens is 2. The summed E-state index contributed by atoms with van der Waals surface area (Å²) in [5, 5.41) is 3.63. The SMILES string of the molecule is CCCNC(=O)[C@H](CC)N(Cc1ccc(Cl)c(Cl)c1)C(=O)CCCN(c1cccc(OC)c1)S(C)(=O)=O. The minimum Gasteiger partial charge on any atom is -0.497 e. The van der Waals surface area contributed by atoms with Crippen molar-refractivity contribution in [3.8, 4) is 5.75 Å². The quantitative estimate of drug-likeness (QED) is 0.348. The van der Waals surface area contributed by atoms with Crippen molar-refractivity contribution >= 4 is 50.7 Å². The molecule has 0 aliphatic rings. The Balaban J connectivity index is 2.24. The van der Waals surface area contributed by atoms with E-state index in [0.29, 0.717) is 34.4 Å². The molecule has 2 aromatic carbocycles. The molecule has 0 unspecified atom stereocenters. The van der Waals surface area contributed by atoms with Crippen molar-refractivity contribution in [1.29, 1.82) is 0 Å². The number of ether oxygens (including phenoxy) is 1. The van der Waals surface area contributed by atoms with E-state index in [-0.39, 0.29) is 37.7 Å². The number of nitrogens with zero attached hydrogens (tertiary/aromatic N) is 2. The first-order chi connectivity index (χ1) is 17.5. The third-order valence-corrected chi connectivity index (χ3v) is 7.70. The summed E-state index contributed by atoms with van der Waals surface area (Å²) in [4.78, 5) is 27.9. The van der Waals surface area contributed by atoms with E-state index in [1.165, 1.54) is 16.3 Å². The monoisotopic (exact) mass is 571 g/mol. The van der Waals surface area contributed by atoms with Gasteiger partial charge in [-0.05, 0) is 49.1 Å². The van der Waals surface area contributed by atoms with E-state index in [4.69, 9.17) is 27.9 Å². The Morgan fingerprint density at radius 2 is 1.81 bits per heavy atom. The molecule has 0 heterocycles. The number of benzene rings is 2. The zero-order valence-electron chi connectivity index (χ0n) is 21.7. The summed E-state index contributed by atoms with van der Waals surface area (Å²) < 4.78 is 31.5. The first-order valence-corrected chi connectivity index (χ1v) is 14.7. The summed E-state index contributed by atoms with van der Waals surface area (Å²) in [7, 11) is -2.10. The summed E-state index contributed by atoms with van der Waals surface area (Å²) in [6, 6.07) is 11.1. The minimum atomic E-state index is -3.60. The van der Waals surface area contributed by atoms with Crippen LogP contribution in [0.15, 0.2) is 42.5 Å². The van der Waals surface area contributed by atoms with Gasteiger partial charge in [-0.1, -0.05) is 49.2 Å². The number of methoxy groups -OCH3 is 1. The number of anilines is 1. The molecule has 0 saturated carbocycles. The molecule has 1 N–H and O–H groups in total. The zero-order valence-corrected chi connectivity index (χ0v) is 24.0. The van der Waals surface area contributed by atoms with Crippen molar-refractivity contribution in [1.82, 2.24) is 10.2 Å². The summed E-state index contributed by atoms with van der Waals surface area (Å²) in [6.45, 7) is 4.57. The molecular weight excluding hydrogens is 537 g/mol. The van der Waals surface area contributed by atoms with Crippen molar-refractivity contribution in [2.75, 3.05) is 30.8 Å². The maximum atomic E-state index is 13.4. The molecule has 0 bridgehead atoms. The molecule has 0 radical (unpaired) electrons. The standard InChI is InChI=1S/C26H35Cl2N3O5S/c1-5-14-29-26(33)24(6-2)30(18-19-12-13-22(27)23(28)16-19)25(32)11-8-15-31(37(4,34)35)20-9-7-10-21(17-20)36-3/h7,9-10,12-13,16-17,24H,5-6,8,11,14-15,18H2,1-4H3,(H,29,33)/t24-/m0/s1. The Bertz CT molecular complexity index is 1180. The molecule has 11 heteroatoms. The summed E-state index contributed by atoms with van der Waals surface area (Å²) >= 11 is 12.2. The zero-order chi connectivity index (χ0) is 27.6. The fourth-order valence-electron chi connectivity index (χ4n) is 3.89. The fraction of sp³-hybridized carbons (Fsp3) is 0.462. The van der Waals surface area contributed by atoms with E-state index in [9.17, 15) is 18.0 Å².